The van der Waals surface area contributed by atoms with E-state index in [1.165, 1.54) is 10.7 Å². The summed E-state index contributed by atoms with van der Waals surface area (Å²) >= 11 is 6.44. The van der Waals surface area contributed by atoms with Crippen LogP contribution >= 0.6 is 11.6 Å². The molecule has 0 aliphatic carbocycles. The van der Waals surface area contributed by atoms with E-state index in [0.29, 0.717) is 35.3 Å². The molecular weight excluding hydrogens is 435 g/mol. The Morgan fingerprint density at radius 2 is 2.22 bits per heavy atom. The Kier molecular flexibility index (Phi) is 5.06. The third-order valence-corrected chi connectivity index (χ3v) is 6.74. The SMILES string of the molecule is Cc1ccc(F)c(CN2CCCC2CC2(c3ccco3)Nc3nc(N)nc(=N)n3N2)c1Cl. The summed E-state index contributed by atoms with van der Waals surface area (Å²) in [5.41, 5.74) is 9.50. The molecule has 2 aliphatic heterocycles. The van der Waals surface area contributed by atoms with Crippen LogP contribution in [-0.4, -0.2) is 32.1 Å². The highest BCUT2D eigenvalue weighted by Gasteiger charge is 2.45. The first-order chi connectivity index (χ1) is 15.4. The first-order valence-electron chi connectivity index (χ1n) is 10.5. The van der Waals surface area contributed by atoms with Gasteiger partial charge in [0.1, 0.15) is 5.82 Å². The molecule has 2 atom stereocenters. The van der Waals surface area contributed by atoms with E-state index in [9.17, 15) is 4.39 Å². The van der Waals surface area contributed by atoms with Crippen molar-refractivity contribution in [3.05, 3.63) is 63.9 Å². The lowest BCUT2D eigenvalue weighted by molar-refractivity contribution is 0.198. The van der Waals surface area contributed by atoms with Gasteiger partial charge in [-0.1, -0.05) is 17.7 Å². The van der Waals surface area contributed by atoms with Crippen molar-refractivity contribution in [2.24, 2.45) is 0 Å². The van der Waals surface area contributed by atoms with Gasteiger partial charge in [0.2, 0.25) is 17.5 Å². The number of benzene rings is 1. The second kappa shape index (κ2) is 7.79. The van der Waals surface area contributed by atoms with E-state index >= 15 is 0 Å². The van der Waals surface area contributed by atoms with Crippen molar-refractivity contribution in [2.75, 3.05) is 23.0 Å². The highest BCUT2D eigenvalue weighted by Crippen LogP contribution is 2.38. The quantitative estimate of drug-likeness (QED) is 0.463. The van der Waals surface area contributed by atoms with E-state index in [2.05, 4.69) is 25.6 Å². The van der Waals surface area contributed by atoms with Crippen molar-refractivity contribution in [1.82, 2.24) is 19.5 Å². The minimum absolute atomic E-state index is 0.0119. The monoisotopic (exact) mass is 458 g/mol. The lowest BCUT2D eigenvalue weighted by atomic mass is 9.96. The van der Waals surface area contributed by atoms with E-state index < -0.39 is 5.66 Å². The molecule has 2 aromatic heterocycles. The molecule has 1 saturated heterocycles. The number of fused-ring (bicyclic) bond motifs is 1. The number of hydrogen-bond acceptors (Lipinski definition) is 8. The van der Waals surface area contributed by atoms with Crippen molar-refractivity contribution in [3.8, 4) is 0 Å². The fourth-order valence-corrected chi connectivity index (χ4v) is 4.84. The first kappa shape index (κ1) is 20.8. The van der Waals surface area contributed by atoms with Gasteiger partial charge in [0.25, 0.3) is 0 Å². The summed E-state index contributed by atoms with van der Waals surface area (Å²) in [5.74, 6) is 0.748. The van der Waals surface area contributed by atoms with Crippen LogP contribution in [0.15, 0.2) is 34.9 Å². The summed E-state index contributed by atoms with van der Waals surface area (Å²) in [5, 5.41) is 12.0. The van der Waals surface area contributed by atoms with Gasteiger partial charge in [-0.15, -0.1) is 0 Å². The summed E-state index contributed by atoms with van der Waals surface area (Å²) in [7, 11) is 0. The highest BCUT2D eigenvalue weighted by atomic mass is 35.5. The van der Waals surface area contributed by atoms with E-state index in [1.807, 2.05) is 19.1 Å². The number of aryl methyl sites for hydroxylation is 1. The number of likely N-dealkylation sites (tertiary alicyclic amines) is 1. The summed E-state index contributed by atoms with van der Waals surface area (Å²) in [6, 6.07) is 6.94. The zero-order valence-electron chi connectivity index (χ0n) is 17.5. The van der Waals surface area contributed by atoms with Gasteiger partial charge in [0.15, 0.2) is 11.4 Å². The molecule has 0 spiro atoms. The molecular formula is C21H24ClFN8O. The average molecular weight is 459 g/mol. The predicted octanol–water partition coefficient (Wildman–Crippen LogP) is 2.91. The summed E-state index contributed by atoms with van der Waals surface area (Å²) in [4.78, 5) is 10.4. The second-order valence-electron chi connectivity index (χ2n) is 8.31. The summed E-state index contributed by atoms with van der Waals surface area (Å²) in [6.45, 7) is 3.13. The number of aromatic nitrogens is 3. The zero-order chi connectivity index (χ0) is 22.5. The minimum Gasteiger partial charge on any atom is -0.465 e. The molecule has 5 N–H and O–H groups in total. The lowest BCUT2D eigenvalue weighted by Crippen LogP contribution is -2.47. The molecule has 168 valence electrons. The lowest BCUT2D eigenvalue weighted by Gasteiger charge is -2.34. The fraction of sp³-hybridized carbons (Fsp3) is 0.381. The number of nitrogens with one attached hydrogen (secondary N) is 3. The van der Waals surface area contributed by atoms with Crippen molar-refractivity contribution >= 4 is 23.5 Å². The molecule has 9 nitrogen and oxygen atoms in total. The van der Waals surface area contributed by atoms with Crippen LogP contribution in [0.5, 0.6) is 0 Å². The van der Waals surface area contributed by atoms with E-state index in [4.69, 9.17) is 27.2 Å². The third-order valence-electron chi connectivity index (χ3n) is 6.22. The number of hydrogen-bond donors (Lipinski definition) is 4. The van der Waals surface area contributed by atoms with Gasteiger partial charge in [-0.25, -0.2) is 4.39 Å². The maximum absolute atomic E-state index is 14.6. The molecule has 4 heterocycles. The summed E-state index contributed by atoms with van der Waals surface area (Å²) < 4.78 is 21.8. The number of furan rings is 1. The molecule has 3 aromatic rings. The van der Waals surface area contributed by atoms with Crippen LogP contribution in [0.2, 0.25) is 5.02 Å². The van der Waals surface area contributed by atoms with Gasteiger partial charge in [-0.2, -0.15) is 14.6 Å². The second-order valence-corrected chi connectivity index (χ2v) is 8.69. The van der Waals surface area contributed by atoms with Gasteiger partial charge in [0, 0.05) is 24.6 Å². The van der Waals surface area contributed by atoms with Gasteiger partial charge in [-0.3, -0.25) is 15.7 Å². The van der Waals surface area contributed by atoms with Crippen LogP contribution < -0.4 is 22.1 Å². The number of rotatable bonds is 5. The first-order valence-corrected chi connectivity index (χ1v) is 10.8. The normalized spacial score (nSPS) is 22.5. The average Bonchev–Trinajstić information content (AvgIpc) is 3.49. The van der Waals surface area contributed by atoms with Crippen molar-refractivity contribution in [3.63, 3.8) is 0 Å². The van der Waals surface area contributed by atoms with Crippen LogP contribution in [0.1, 0.15) is 36.1 Å². The number of nitrogens with zero attached hydrogens (tertiary/aromatic N) is 4. The number of halogens is 2. The van der Waals surface area contributed by atoms with Gasteiger partial charge in [0.05, 0.1) is 11.3 Å². The van der Waals surface area contributed by atoms with Crippen LogP contribution in [-0.2, 0) is 12.2 Å². The predicted molar refractivity (Wildman–Crippen MR) is 118 cm³/mol. The topological polar surface area (TPSA) is 121 Å². The fourth-order valence-electron chi connectivity index (χ4n) is 4.63. The van der Waals surface area contributed by atoms with Crippen molar-refractivity contribution < 1.29 is 8.81 Å². The molecule has 1 fully saturated rings. The Hall–Kier alpha value is -3.11. The Labute approximate surface area is 188 Å². The van der Waals surface area contributed by atoms with E-state index in [0.717, 1.165) is 24.9 Å². The van der Waals surface area contributed by atoms with Gasteiger partial charge < -0.3 is 15.5 Å². The smallest absolute Gasteiger partial charge is 0.247 e. The van der Waals surface area contributed by atoms with Gasteiger partial charge in [-0.05, 0) is 50.1 Å². The van der Waals surface area contributed by atoms with E-state index in [1.54, 1.807) is 12.3 Å². The Morgan fingerprint density at radius 1 is 1.38 bits per heavy atom. The number of nitrogen functional groups attached to an aromatic ring is 1. The van der Waals surface area contributed by atoms with Crippen LogP contribution in [0, 0.1) is 18.2 Å². The number of anilines is 2. The highest BCUT2D eigenvalue weighted by molar-refractivity contribution is 6.32. The maximum Gasteiger partial charge on any atom is 0.247 e. The third kappa shape index (κ3) is 3.49. The maximum atomic E-state index is 14.6. The molecule has 2 aliphatic rings. The molecule has 0 amide bonds. The largest absolute Gasteiger partial charge is 0.465 e. The molecule has 2 unspecified atom stereocenters. The molecule has 1 aromatic carbocycles. The molecule has 0 radical (unpaired) electrons. The van der Waals surface area contributed by atoms with Crippen LogP contribution in [0.25, 0.3) is 0 Å². The standard InChI is InChI=1S/C21H24ClFN8O/c1-12-6-7-15(23)14(17(12)22)11-30-8-2-4-13(30)10-21(16-5-3-9-32-16)28-20-27-18(24)26-19(25)31(20)29-21/h3,5-7,9,13,29H,2,4,8,10-11H2,1H3,(H4,24,25,26,27,28). The van der Waals surface area contributed by atoms with Crippen molar-refractivity contribution in [1.29, 1.82) is 5.41 Å². The molecule has 11 heteroatoms. The Bertz CT molecular complexity index is 1210. The Morgan fingerprint density at radius 3 is 3.00 bits per heavy atom. The molecule has 5 rings (SSSR count). The summed E-state index contributed by atoms with van der Waals surface area (Å²) in [6.07, 6.45) is 4.10. The van der Waals surface area contributed by atoms with Gasteiger partial charge >= 0.3 is 0 Å². The Balaban J connectivity index is 1.46. The molecule has 0 bridgehead atoms. The zero-order valence-corrected chi connectivity index (χ0v) is 18.3. The number of nitrogens with two attached hydrogens (primary N) is 1. The van der Waals surface area contributed by atoms with Crippen LogP contribution in [0.4, 0.5) is 16.3 Å². The molecule has 32 heavy (non-hydrogen) atoms. The molecule has 0 saturated carbocycles. The minimum atomic E-state index is -0.864. The van der Waals surface area contributed by atoms with Crippen LogP contribution in [0.3, 0.4) is 0 Å². The van der Waals surface area contributed by atoms with E-state index in [-0.39, 0.29) is 23.4 Å². The van der Waals surface area contributed by atoms with Crippen molar-refractivity contribution in [2.45, 2.75) is 44.4 Å².